The van der Waals surface area contributed by atoms with E-state index in [0.29, 0.717) is 6.04 Å². The van der Waals surface area contributed by atoms with Gasteiger partial charge in [0.15, 0.2) is 5.13 Å². The fraction of sp³-hybridized carbons (Fsp3) is 0.588. The number of hydrogen-bond donors (Lipinski definition) is 1. The molecule has 0 radical (unpaired) electrons. The molecule has 0 amide bonds. The molecule has 0 spiro atoms. The number of rotatable bonds is 3. The van der Waals surface area contributed by atoms with Gasteiger partial charge in [-0.1, -0.05) is 0 Å². The van der Waals surface area contributed by atoms with Crippen molar-refractivity contribution in [3.05, 3.63) is 39.3 Å². The lowest BCUT2D eigenvalue weighted by Gasteiger charge is -2.30. The Morgan fingerprint density at radius 2 is 2.00 bits per heavy atom. The summed E-state index contributed by atoms with van der Waals surface area (Å²) in [6, 6.07) is 2.55. The number of thiazole rings is 1. The summed E-state index contributed by atoms with van der Waals surface area (Å²) in [4.78, 5) is 16.7. The molecular weight excluding hydrogens is 308 g/mol. The zero-order valence-electron chi connectivity index (χ0n) is 13.2. The third-order valence-electron chi connectivity index (χ3n) is 5.03. The third-order valence-corrected chi connectivity index (χ3v) is 5.74. The van der Waals surface area contributed by atoms with E-state index >= 15 is 0 Å². The lowest BCUT2D eigenvalue weighted by atomic mass is 9.91. The molecule has 1 N–H and O–H groups in total. The first-order chi connectivity index (χ1) is 11.3. The maximum absolute atomic E-state index is 12.4. The third kappa shape index (κ3) is 3.17. The molecule has 2 aromatic heterocycles. The summed E-state index contributed by atoms with van der Waals surface area (Å²) in [6.07, 6.45) is 10.4. The summed E-state index contributed by atoms with van der Waals surface area (Å²) < 4.78 is 1.77. The van der Waals surface area contributed by atoms with E-state index in [0.717, 1.165) is 49.4 Å². The Balaban J connectivity index is 1.45. The molecule has 122 valence electrons. The molecule has 1 fully saturated rings. The second kappa shape index (κ2) is 6.43. The van der Waals surface area contributed by atoms with Gasteiger partial charge in [0, 0.05) is 23.7 Å². The van der Waals surface area contributed by atoms with E-state index in [1.807, 2.05) is 17.6 Å². The molecule has 0 unspecified atom stereocenters. The number of fused-ring (bicyclic) bond motifs is 1. The van der Waals surface area contributed by atoms with Gasteiger partial charge >= 0.3 is 0 Å². The second-order valence-corrected chi connectivity index (χ2v) is 7.49. The van der Waals surface area contributed by atoms with Crippen LogP contribution in [0.15, 0.2) is 22.4 Å². The Bertz CT molecular complexity index is 717. The first kappa shape index (κ1) is 14.9. The van der Waals surface area contributed by atoms with Gasteiger partial charge in [-0.3, -0.25) is 4.79 Å². The molecule has 5 nitrogen and oxygen atoms in total. The maximum Gasteiger partial charge on any atom is 0.267 e. The molecule has 0 bridgehead atoms. The molecule has 4 rings (SSSR count). The highest BCUT2D eigenvalue weighted by molar-refractivity contribution is 7.13. The van der Waals surface area contributed by atoms with Crippen molar-refractivity contribution >= 4 is 16.5 Å². The van der Waals surface area contributed by atoms with Gasteiger partial charge < -0.3 is 5.32 Å². The van der Waals surface area contributed by atoms with Crippen LogP contribution in [0.4, 0.5) is 5.13 Å². The standard InChI is InChI=1S/C17H22N4OS/c22-16-11-12-3-1-2-4-15(12)20-21(16)14-7-5-13(6-8-14)19-17-18-9-10-23-17/h9-11,13-14H,1-8H2,(H,18,19). The van der Waals surface area contributed by atoms with Crippen molar-refractivity contribution in [3.8, 4) is 0 Å². The lowest BCUT2D eigenvalue weighted by Crippen LogP contribution is -2.34. The van der Waals surface area contributed by atoms with Crippen LogP contribution in [0.3, 0.4) is 0 Å². The van der Waals surface area contributed by atoms with Crippen molar-refractivity contribution in [2.75, 3.05) is 5.32 Å². The molecule has 2 aromatic rings. The van der Waals surface area contributed by atoms with Gasteiger partial charge in [-0.25, -0.2) is 9.67 Å². The normalized spacial score (nSPS) is 24.2. The van der Waals surface area contributed by atoms with E-state index in [2.05, 4.69) is 10.3 Å². The molecule has 0 saturated heterocycles. The summed E-state index contributed by atoms with van der Waals surface area (Å²) in [5.41, 5.74) is 2.41. The van der Waals surface area contributed by atoms with Crippen LogP contribution >= 0.6 is 11.3 Å². The van der Waals surface area contributed by atoms with Crippen LogP contribution in [0.5, 0.6) is 0 Å². The predicted molar refractivity (Wildman–Crippen MR) is 92.2 cm³/mol. The van der Waals surface area contributed by atoms with Crippen LogP contribution in [0, 0.1) is 0 Å². The van der Waals surface area contributed by atoms with Crippen LogP contribution in [-0.2, 0) is 12.8 Å². The SMILES string of the molecule is O=c1cc2c(nn1C1CCC(Nc3nccs3)CC1)CCCC2. The van der Waals surface area contributed by atoms with Crippen LogP contribution in [0.1, 0.15) is 55.8 Å². The van der Waals surface area contributed by atoms with Gasteiger partial charge in [0.05, 0.1) is 11.7 Å². The smallest absolute Gasteiger partial charge is 0.267 e. The quantitative estimate of drug-likeness (QED) is 0.939. The largest absolute Gasteiger partial charge is 0.359 e. The second-order valence-electron chi connectivity index (χ2n) is 6.59. The van der Waals surface area contributed by atoms with Crippen molar-refractivity contribution in [1.82, 2.24) is 14.8 Å². The Hall–Kier alpha value is -1.69. The van der Waals surface area contributed by atoms with Crippen molar-refractivity contribution < 1.29 is 0 Å². The number of hydrogen-bond acceptors (Lipinski definition) is 5. The topological polar surface area (TPSA) is 59.8 Å². The minimum Gasteiger partial charge on any atom is -0.359 e. The summed E-state index contributed by atoms with van der Waals surface area (Å²) >= 11 is 1.64. The molecular formula is C17H22N4OS. The monoisotopic (exact) mass is 330 g/mol. The van der Waals surface area contributed by atoms with E-state index < -0.39 is 0 Å². The molecule has 0 aromatic carbocycles. The Kier molecular flexibility index (Phi) is 4.16. The molecule has 2 aliphatic carbocycles. The Labute approximate surface area is 139 Å². The Morgan fingerprint density at radius 1 is 1.17 bits per heavy atom. The van der Waals surface area contributed by atoms with Gasteiger partial charge in [-0.15, -0.1) is 11.3 Å². The van der Waals surface area contributed by atoms with Crippen molar-refractivity contribution in [3.63, 3.8) is 0 Å². The van der Waals surface area contributed by atoms with Gasteiger partial charge in [0.2, 0.25) is 0 Å². The Morgan fingerprint density at radius 3 is 2.78 bits per heavy atom. The lowest BCUT2D eigenvalue weighted by molar-refractivity contribution is 0.300. The van der Waals surface area contributed by atoms with Crippen molar-refractivity contribution in [2.45, 2.75) is 63.5 Å². The summed E-state index contributed by atoms with van der Waals surface area (Å²) in [5, 5.41) is 11.2. The highest BCUT2D eigenvalue weighted by atomic mass is 32.1. The minimum absolute atomic E-state index is 0.0852. The number of anilines is 1. The number of nitrogens with one attached hydrogen (secondary N) is 1. The first-order valence-corrected chi connectivity index (χ1v) is 9.45. The summed E-state index contributed by atoms with van der Waals surface area (Å²) in [6.45, 7) is 0. The van der Waals surface area contributed by atoms with Gasteiger partial charge in [-0.05, 0) is 56.9 Å². The minimum atomic E-state index is 0.0852. The zero-order chi connectivity index (χ0) is 15.6. The number of aryl methyl sites for hydroxylation is 2. The van der Waals surface area contributed by atoms with Crippen LogP contribution in [-0.4, -0.2) is 20.8 Å². The maximum atomic E-state index is 12.4. The summed E-state index contributed by atoms with van der Waals surface area (Å²) in [7, 11) is 0. The average Bonchev–Trinajstić information content (AvgIpc) is 3.08. The van der Waals surface area contributed by atoms with Crippen LogP contribution in [0.2, 0.25) is 0 Å². The molecule has 2 heterocycles. The zero-order valence-corrected chi connectivity index (χ0v) is 14.0. The highest BCUT2D eigenvalue weighted by Crippen LogP contribution is 2.30. The van der Waals surface area contributed by atoms with E-state index in [-0.39, 0.29) is 11.6 Å². The fourth-order valence-electron chi connectivity index (χ4n) is 3.77. The average molecular weight is 330 g/mol. The fourth-order valence-corrected chi connectivity index (χ4v) is 4.38. The van der Waals surface area contributed by atoms with Crippen molar-refractivity contribution in [1.29, 1.82) is 0 Å². The van der Waals surface area contributed by atoms with Crippen LogP contribution < -0.4 is 10.9 Å². The first-order valence-electron chi connectivity index (χ1n) is 8.57. The molecule has 0 atom stereocenters. The van der Waals surface area contributed by atoms with Crippen molar-refractivity contribution in [2.24, 2.45) is 0 Å². The molecule has 23 heavy (non-hydrogen) atoms. The van der Waals surface area contributed by atoms with E-state index in [4.69, 9.17) is 5.10 Å². The van der Waals surface area contributed by atoms with E-state index in [1.54, 1.807) is 16.0 Å². The highest BCUT2D eigenvalue weighted by Gasteiger charge is 2.25. The van der Waals surface area contributed by atoms with Gasteiger partial charge in [0.25, 0.3) is 5.56 Å². The van der Waals surface area contributed by atoms with Crippen LogP contribution in [0.25, 0.3) is 0 Å². The van der Waals surface area contributed by atoms with Gasteiger partial charge in [0.1, 0.15) is 0 Å². The number of nitrogens with zero attached hydrogens (tertiary/aromatic N) is 3. The molecule has 2 aliphatic rings. The molecule has 0 aliphatic heterocycles. The molecule has 6 heteroatoms. The van der Waals surface area contributed by atoms with Gasteiger partial charge in [-0.2, -0.15) is 5.10 Å². The molecule has 1 saturated carbocycles. The summed E-state index contributed by atoms with van der Waals surface area (Å²) in [5.74, 6) is 0. The van der Waals surface area contributed by atoms with E-state index in [9.17, 15) is 4.79 Å². The predicted octanol–water partition coefficient (Wildman–Crippen LogP) is 3.17. The van der Waals surface area contributed by atoms with E-state index in [1.165, 1.54) is 18.4 Å². The number of aromatic nitrogens is 3.